The SMILES string of the molecule is CCCNCCCc1nnc(-c2sccc2OC)s1. The molecule has 2 aromatic heterocycles. The summed E-state index contributed by atoms with van der Waals surface area (Å²) < 4.78 is 5.31. The number of aromatic nitrogens is 2. The van der Waals surface area contributed by atoms with Crippen molar-refractivity contribution in [3.8, 4) is 15.6 Å². The topological polar surface area (TPSA) is 47.0 Å². The molecule has 19 heavy (non-hydrogen) atoms. The molecule has 2 rings (SSSR count). The van der Waals surface area contributed by atoms with Crippen molar-refractivity contribution in [2.24, 2.45) is 0 Å². The van der Waals surface area contributed by atoms with Gasteiger partial charge in [-0.15, -0.1) is 21.5 Å². The second-order valence-electron chi connectivity index (χ2n) is 4.17. The number of methoxy groups -OCH3 is 1. The third-order valence-corrected chi connectivity index (χ3v) is 4.71. The molecule has 2 aromatic rings. The Labute approximate surface area is 121 Å². The van der Waals surface area contributed by atoms with E-state index in [1.165, 1.54) is 6.42 Å². The van der Waals surface area contributed by atoms with Crippen molar-refractivity contribution in [2.75, 3.05) is 20.2 Å². The lowest BCUT2D eigenvalue weighted by Crippen LogP contribution is -2.16. The van der Waals surface area contributed by atoms with Crippen LogP contribution in [0.1, 0.15) is 24.8 Å². The monoisotopic (exact) mass is 297 g/mol. The Bertz CT molecular complexity index is 496. The van der Waals surface area contributed by atoms with E-state index in [1.807, 2.05) is 11.4 Å². The highest BCUT2D eigenvalue weighted by atomic mass is 32.1. The highest BCUT2D eigenvalue weighted by Crippen LogP contribution is 2.36. The first-order chi connectivity index (χ1) is 9.35. The van der Waals surface area contributed by atoms with Gasteiger partial charge in [-0.05, 0) is 37.4 Å². The van der Waals surface area contributed by atoms with Gasteiger partial charge < -0.3 is 10.1 Å². The highest BCUT2D eigenvalue weighted by Gasteiger charge is 2.12. The van der Waals surface area contributed by atoms with Crippen molar-refractivity contribution in [3.63, 3.8) is 0 Å². The zero-order chi connectivity index (χ0) is 13.5. The van der Waals surface area contributed by atoms with Crippen LogP contribution in [-0.2, 0) is 6.42 Å². The fraction of sp³-hybridized carbons (Fsp3) is 0.538. The zero-order valence-electron chi connectivity index (χ0n) is 11.3. The highest BCUT2D eigenvalue weighted by molar-refractivity contribution is 7.21. The van der Waals surface area contributed by atoms with E-state index in [2.05, 4.69) is 22.4 Å². The smallest absolute Gasteiger partial charge is 0.161 e. The number of nitrogens with one attached hydrogen (secondary N) is 1. The number of nitrogens with zero attached hydrogens (tertiary/aromatic N) is 2. The van der Waals surface area contributed by atoms with Gasteiger partial charge in [0.25, 0.3) is 0 Å². The van der Waals surface area contributed by atoms with E-state index in [0.29, 0.717) is 0 Å². The van der Waals surface area contributed by atoms with Crippen LogP contribution < -0.4 is 10.1 Å². The summed E-state index contributed by atoms with van der Waals surface area (Å²) in [5.74, 6) is 0.886. The van der Waals surface area contributed by atoms with Crippen molar-refractivity contribution in [2.45, 2.75) is 26.2 Å². The first-order valence-corrected chi connectivity index (χ1v) is 8.19. The molecule has 1 N–H and O–H groups in total. The quantitative estimate of drug-likeness (QED) is 0.760. The van der Waals surface area contributed by atoms with Gasteiger partial charge in [-0.25, -0.2) is 0 Å². The molecule has 0 bridgehead atoms. The molecule has 104 valence electrons. The standard InChI is InChI=1S/C13H19N3OS2/c1-3-7-14-8-4-5-11-15-16-13(19-11)12-10(17-2)6-9-18-12/h6,9,14H,3-5,7-8H2,1-2H3. The predicted octanol–water partition coefficient (Wildman–Crippen LogP) is 3.21. The van der Waals surface area contributed by atoms with E-state index in [9.17, 15) is 0 Å². The number of hydrogen-bond donors (Lipinski definition) is 1. The maximum atomic E-state index is 5.31. The van der Waals surface area contributed by atoms with E-state index in [-0.39, 0.29) is 0 Å². The second-order valence-corrected chi connectivity index (χ2v) is 6.15. The van der Waals surface area contributed by atoms with Crippen LogP contribution in [0, 0.1) is 0 Å². The lowest BCUT2D eigenvalue weighted by molar-refractivity contribution is 0.418. The van der Waals surface area contributed by atoms with Crippen molar-refractivity contribution >= 4 is 22.7 Å². The van der Waals surface area contributed by atoms with E-state index in [0.717, 1.165) is 46.6 Å². The molecule has 0 aliphatic carbocycles. The molecular formula is C13H19N3OS2. The summed E-state index contributed by atoms with van der Waals surface area (Å²) in [4.78, 5) is 1.08. The van der Waals surface area contributed by atoms with Crippen LogP contribution in [0.4, 0.5) is 0 Å². The first kappa shape index (κ1) is 14.4. The molecule has 0 spiro atoms. The molecule has 0 fully saturated rings. The number of rotatable bonds is 8. The molecule has 4 nitrogen and oxygen atoms in total. The molecule has 0 amide bonds. The maximum Gasteiger partial charge on any atom is 0.161 e. The average molecular weight is 297 g/mol. The van der Waals surface area contributed by atoms with E-state index >= 15 is 0 Å². The fourth-order valence-electron chi connectivity index (χ4n) is 1.73. The maximum absolute atomic E-state index is 5.31. The van der Waals surface area contributed by atoms with Crippen molar-refractivity contribution < 1.29 is 4.74 Å². The Morgan fingerprint density at radius 3 is 3.00 bits per heavy atom. The number of ether oxygens (including phenoxy) is 1. The summed E-state index contributed by atoms with van der Waals surface area (Å²) in [6, 6.07) is 1.97. The summed E-state index contributed by atoms with van der Waals surface area (Å²) in [6.07, 6.45) is 3.28. The molecule has 0 atom stereocenters. The molecule has 0 radical (unpaired) electrons. The van der Waals surface area contributed by atoms with Gasteiger partial charge in [0.2, 0.25) is 0 Å². The van der Waals surface area contributed by atoms with Gasteiger partial charge in [0, 0.05) is 6.42 Å². The summed E-state index contributed by atoms with van der Waals surface area (Å²) in [6.45, 7) is 4.32. The third kappa shape index (κ3) is 3.99. The zero-order valence-corrected chi connectivity index (χ0v) is 12.9. The molecule has 0 saturated carbocycles. The number of aryl methyl sites for hydroxylation is 1. The average Bonchev–Trinajstić information content (AvgIpc) is 3.06. The largest absolute Gasteiger partial charge is 0.495 e. The van der Waals surface area contributed by atoms with Crippen molar-refractivity contribution in [1.29, 1.82) is 0 Å². The van der Waals surface area contributed by atoms with Gasteiger partial charge >= 0.3 is 0 Å². The van der Waals surface area contributed by atoms with Gasteiger partial charge in [-0.2, -0.15) is 0 Å². The summed E-state index contributed by atoms with van der Waals surface area (Å²) in [5.41, 5.74) is 0. The first-order valence-electron chi connectivity index (χ1n) is 6.50. The molecule has 2 heterocycles. The number of thiophene rings is 1. The fourth-order valence-corrected chi connectivity index (χ4v) is 3.56. The molecule has 0 unspecified atom stereocenters. The molecular weight excluding hydrogens is 278 g/mol. The van der Waals surface area contributed by atoms with Gasteiger partial charge in [0.05, 0.1) is 7.11 Å². The normalized spacial score (nSPS) is 10.8. The van der Waals surface area contributed by atoms with Gasteiger partial charge in [-0.1, -0.05) is 18.3 Å². The van der Waals surface area contributed by atoms with Crippen LogP contribution in [0.2, 0.25) is 0 Å². The van der Waals surface area contributed by atoms with E-state index < -0.39 is 0 Å². The minimum absolute atomic E-state index is 0.886. The van der Waals surface area contributed by atoms with Crippen LogP contribution in [0.25, 0.3) is 9.88 Å². The Balaban J connectivity index is 1.88. The predicted molar refractivity (Wildman–Crippen MR) is 81.3 cm³/mol. The second kappa shape index (κ2) is 7.57. The van der Waals surface area contributed by atoms with Gasteiger partial charge in [0.1, 0.15) is 15.6 Å². The van der Waals surface area contributed by atoms with Crippen molar-refractivity contribution in [3.05, 3.63) is 16.5 Å². The van der Waals surface area contributed by atoms with Crippen LogP contribution in [-0.4, -0.2) is 30.4 Å². The van der Waals surface area contributed by atoms with E-state index in [1.54, 1.807) is 29.8 Å². The summed E-state index contributed by atoms with van der Waals surface area (Å²) >= 11 is 3.31. The molecule has 6 heteroatoms. The van der Waals surface area contributed by atoms with Gasteiger partial charge in [0.15, 0.2) is 5.01 Å². The van der Waals surface area contributed by atoms with E-state index in [4.69, 9.17) is 4.74 Å². The number of hydrogen-bond acceptors (Lipinski definition) is 6. The van der Waals surface area contributed by atoms with Crippen molar-refractivity contribution in [1.82, 2.24) is 15.5 Å². The Morgan fingerprint density at radius 2 is 2.21 bits per heavy atom. The molecule has 0 aliphatic rings. The Hall–Kier alpha value is -0.980. The van der Waals surface area contributed by atoms with Crippen LogP contribution >= 0.6 is 22.7 Å². The lowest BCUT2D eigenvalue weighted by atomic mass is 10.3. The minimum atomic E-state index is 0.886. The van der Waals surface area contributed by atoms with Crippen LogP contribution in [0.5, 0.6) is 5.75 Å². The van der Waals surface area contributed by atoms with Gasteiger partial charge in [-0.3, -0.25) is 0 Å². The molecule has 0 aliphatic heterocycles. The molecule has 0 saturated heterocycles. The Morgan fingerprint density at radius 1 is 1.32 bits per heavy atom. The summed E-state index contributed by atoms with van der Waals surface area (Å²) in [7, 11) is 1.69. The summed E-state index contributed by atoms with van der Waals surface area (Å²) in [5, 5.41) is 16.0. The van der Waals surface area contributed by atoms with Crippen LogP contribution in [0.3, 0.4) is 0 Å². The minimum Gasteiger partial charge on any atom is -0.495 e. The Kier molecular flexibility index (Phi) is 5.75. The lowest BCUT2D eigenvalue weighted by Gasteiger charge is -2.00. The van der Waals surface area contributed by atoms with Crippen LogP contribution in [0.15, 0.2) is 11.4 Å². The third-order valence-electron chi connectivity index (χ3n) is 2.68. The molecule has 0 aromatic carbocycles.